The Morgan fingerprint density at radius 2 is 2.08 bits per heavy atom. The number of carbonyl (C=O) groups is 2. The van der Waals surface area contributed by atoms with Crippen LogP contribution < -0.4 is 5.32 Å². The molecule has 0 aromatic heterocycles. The lowest BCUT2D eigenvalue weighted by molar-refractivity contribution is -0.143. The molecule has 13 heavy (non-hydrogen) atoms. The number of nitrogens with one attached hydrogen (secondary N) is 1. The van der Waals surface area contributed by atoms with E-state index in [4.69, 9.17) is 4.74 Å². The molecule has 0 heterocycles. The fraction of sp³-hybridized carbons (Fsp3) is 0.556. The smallest absolute Gasteiger partial charge is 0.325 e. The van der Waals surface area contributed by atoms with E-state index in [0.717, 1.165) is 6.42 Å². The minimum Gasteiger partial charge on any atom is -0.464 e. The second-order valence-corrected chi connectivity index (χ2v) is 2.68. The maximum Gasteiger partial charge on any atom is 0.325 e. The van der Waals surface area contributed by atoms with E-state index in [-0.39, 0.29) is 12.5 Å². The number of rotatable bonds is 5. The molecule has 1 amide bonds. The largest absolute Gasteiger partial charge is 0.464 e. The standard InChI is InChI=1S/C9H15NO3/c1-4-5-13-8(11)6-10-9(12)7(2)3/h2,4-6H2,1,3H3,(H,10,12). The molecule has 74 valence electrons. The fourth-order valence-electron chi connectivity index (χ4n) is 0.570. The Morgan fingerprint density at radius 3 is 2.54 bits per heavy atom. The molecule has 0 spiro atoms. The highest BCUT2D eigenvalue weighted by Gasteiger charge is 2.05. The molecular weight excluding hydrogens is 170 g/mol. The van der Waals surface area contributed by atoms with Crippen LogP contribution in [0.1, 0.15) is 20.3 Å². The zero-order valence-corrected chi connectivity index (χ0v) is 8.05. The molecule has 0 unspecified atom stereocenters. The first-order valence-corrected chi connectivity index (χ1v) is 4.17. The first-order chi connectivity index (χ1) is 6.07. The summed E-state index contributed by atoms with van der Waals surface area (Å²) in [5.74, 6) is -0.745. The Labute approximate surface area is 78.0 Å². The van der Waals surface area contributed by atoms with Gasteiger partial charge in [0, 0.05) is 5.57 Å². The average Bonchev–Trinajstić information content (AvgIpc) is 2.10. The van der Waals surface area contributed by atoms with Crippen LogP contribution in [-0.4, -0.2) is 25.0 Å². The van der Waals surface area contributed by atoms with Crippen molar-refractivity contribution in [2.24, 2.45) is 0 Å². The Balaban J connectivity index is 3.58. The van der Waals surface area contributed by atoms with Crippen molar-refractivity contribution < 1.29 is 14.3 Å². The summed E-state index contributed by atoms with van der Waals surface area (Å²) in [7, 11) is 0. The lowest BCUT2D eigenvalue weighted by Crippen LogP contribution is -2.30. The van der Waals surface area contributed by atoms with E-state index >= 15 is 0 Å². The molecule has 0 aromatic carbocycles. The van der Waals surface area contributed by atoms with Gasteiger partial charge in [-0.05, 0) is 13.3 Å². The van der Waals surface area contributed by atoms with Gasteiger partial charge >= 0.3 is 5.97 Å². The SMILES string of the molecule is C=C(C)C(=O)NCC(=O)OCCC. The third-order valence-electron chi connectivity index (χ3n) is 1.25. The molecule has 0 saturated heterocycles. The predicted octanol–water partition coefficient (Wildman–Crippen LogP) is 0.632. The van der Waals surface area contributed by atoms with Crippen LogP contribution in [-0.2, 0) is 14.3 Å². The van der Waals surface area contributed by atoms with Crippen LogP contribution in [0.5, 0.6) is 0 Å². The highest BCUT2D eigenvalue weighted by molar-refractivity contribution is 5.94. The zero-order valence-electron chi connectivity index (χ0n) is 8.05. The average molecular weight is 185 g/mol. The topological polar surface area (TPSA) is 55.4 Å². The Morgan fingerprint density at radius 1 is 1.46 bits per heavy atom. The van der Waals surface area contributed by atoms with Crippen molar-refractivity contribution in [3.05, 3.63) is 12.2 Å². The molecule has 0 saturated carbocycles. The Hall–Kier alpha value is -1.32. The maximum atomic E-state index is 10.9. The van der Waals surface area contributed by atoms with Gasteiger partial charge in [0.1, 0.15) is 6.54 Å². The molecule has 0 bridgehead atoms. The molecular formula is C9H15NO3. The first-order valence-electron chi connectivity index (χ1n) is 4.17. The van der Waals surface area contributed by atoms with Gasteiger partial charge in [0.25, 0.3) is 0 Å². The summed E-state index contributed by atoms with van der Waals surface area (Å²) >= 11 is 0. The van der Waals surface area contributed by atoms with Gasteiger partial charge in [-0.3, -0.25) is 9.59 Å². The van der Waals surface area contributed by atoms with Gasteiger partial charge < -0.3 is 10.1 Å². The van der Waals surface area contributed by atoms with Crippen LogP contribution in [0.2, 0.25) is 0 Å². The lowest BCUT2D eigenvalue weighted by Gasteiger charge is -2.04. The molecule has 0 rings (SSSR count). The van der Waals surface area contributed by atoms with Crippen molar-refractivity contribution in [3.8, 4) is 0 Å². The number of carbonyl (C=O) groups excluding carboxylic acids is 2. The molecule has 0 aliphatic heterocycles. The normalized spacial score (nSPS) is 9.08. The van der Waals surface area contributed by atoms with E-state index in [0.29, 0.717) is 12.2 Å². The summed E-state index contributed by atoms with van der Waals surface area (Å²) in [4.78, 5) is 21.8. The first kappa shape index (κ1) is 11.7. The van der Waals surface area contributed by atoms with Crippen molar-refractivity contribution in [1.29, 1.82) is 0 Å². The lowest BCUT2D eigenvalue weighted by atomic mass is 10.3. The van der Waals surface area contributed by atoms with Crippen molar-refractivity contribution in [3.63, 3.8) is 0 Å². The van der Waals surface area contributed by atoms with Gasteiger partial charge in [-0.15, -0.1) is 0 Å². The van der Waals surface area contributed by atoms with E-state index < -0.39 is 5.97 Å². The molecule has 0 radical (unpaired) electrons. The molecule has 1 N–H and O–H groups in total. The van der Waals surface area contributed by atoms with Crippen molar-refractivity contribution >= 4 is 11.9 Å². The predicted molar refractivity (Wildman–Crippen MR) is 49.1 cm³/mol. The molecule has 4 heteroatoms. The minimum atomic E-state index is -0.420. The number of esters is 1. The van der Waals surface area contributed by atoms with Gasteiger partial charge in [-0.25, -0.2) is 0 Å². The summed E-state index contributed by atoms with van der Waals surface area (Å²) in [6.45, 7) is 7.21. The number of ether oxygens (including phenoxy) is 1. The third-order valence-corrected chi connectivity index (χ3v) is 1.25. The molecule has 0 aromatic rings. The fourth-order valence-corrected chi connectivity index (χ4v) is 0.570. The second kappa shape index (κ2) is 6.22. The zero-order chi connectivity index (χ0) is 10.3. The van der Waals surface area contributed by atoms with Gasteiger partial charge in [0.15, 0.2) is 0 Å². The van der Waals surface area contributed by atoms with Crippen molar-refractivity contribution in [1.82, 2.24) is 5.32 Å². The number of hydrogen-bond donors (Lipinski definition) is 1. The Bertz CT molecular complexity index is 211. The monoisotopic (exact) mass is 185 g/mol. The van der Waals surface area contributed by atoms with Crippen LogP contribution in [0, 0.1) is 0 Å². The van der Waals surface area contributed by atoms with Gasteiger partial charge in [0.2, 0.25) is 5.91 Å². The van der Waals surface area contributed by atoms with Crippen LogP contribution in [0.25, 0.3) is 0 Å². The van der Waals surface area contributed by atoms with Gasteiger partial charge in [-0.2, -0.15) is 0 Å². The van der Waals surface area contributed by atoms with E-state index in [9.17, 15) is 9.59 Å². The van der Waals surface area contributed by atoms with E-state index in [2.05, 4.69) is 11.9 Å². The van der Waals surface area contributed by atoms with Crippen molar-refractivity contribution in [2.45, 2.75) is 20.3 Å². The number of hydrogen-bond acceptors (Lipinski definition) is 3. The molecule has 0 fully saturated rings. The number of amides is 1. The summed E-state index contributed by atoms with van der Waals surface area (Å²) < 4.78 is 4.74. The maximum absolute atomic E-state index is 10.9. The molecule has 0 atom stereocenters. The van der Waals surface area contributed by atoms with Gasteiger partial charge in [-0.1, -0.05) is 13.5 Å². The third kappa shape index (κ3) is 5.90. The van der Waals surface area contributed by atoms with Crippen LogP contribution in [0.4, 0.5) is 0 Å². The minimum absolute atomic E-state index is 0.0916. The summed E-state index contributed by atoms with van der Waals surface area (Å²) in [6, 6.07) is 0. The van der Waals surface area contributed by atoms with Crippen LogP contribution in [0.3, 0.4) is 0 Å². The Kier molecular flexibility index (Phi) is 5.59. The van der Waals surface area contributed by atoms with Crippen LogP contribution >= 0.6 is 0 Å². The summed E-state index contributed by atoms with van der Waals surface area (Å²) in [5, 5.41) is 2.38. The molecule has 0 aliphatic carbocycles. The summed E-state index contributed by atoms with van der Waals surface area (Å²) in [5.41, 5.74) is 0.378. The van der Waals surface area contributed by atoms with E-state index in [1.54, 1.807) is 6.92 Å². The van der Waals surface area contributed by atoms with Crippen molar-refractivity contribution in [2.75, 3.05) is 13.2 Å². The highest BCUT2D eigenvalue weighted by Crippen LogP contribution is 1.86. The quantitative estimate of drug-likeness (QED) is 0.505. The highest BCUT2D eigenvalue weighted by atomic mass is 16.5. The summed E-state index contributed by atoms with van der Waals surface area (Å²) in [6.07, 6.45) is 0.778. The van der Waals surface area contributed by atoms with Gasteiger partial charge in [0.05, 0.1) is 6.61 Å². The molecule has 0 aliphatic rings. The van der Waals surface area contributed by atoms with Crippen LogP contribution in [0.15, 0.2) is 12.2 Å². The molecule has 4 nitrogen and oxygen atoms in total. The van der Waals surface area contributed by atoms with E-state index in [1.165, 1.54) is 0 Å². The second-order valence-electron chi connectivity index (χ2n) is 2.68. The van der Waals surface area contributed by atoms with E-state index in [1.807, 2.05) is 6.92 Å².